The molecule has 3 nitrogen and oxygen atoms in total. The van der Waals surface area contributed by atoms with Gasteiger partial charge in [0.15, 0.2) is 0 Å². The van der Waals surface area contributed by atoms with Gasteiger partial charge in [-0.2, -0.15) is 5.10 Å². The van der Waals surface area contributed by atoms with Crippen LogP contribution in [0.25, 0.3) is 10.9 Å². The predicted molar refractivity (Wildman–Crippen MR) is 64.6 cm³/mol. The average molecular weight is 269 g/mol. The lowest BCUT2D eigenvalue weighted by Crippen LogP contribution is -2.00. The third-order valence-electron chi connectivity index (χ3n) is 2.48. The van der Waals surface area contributed by atoms with Gasteiger partial charge in [-0.25, -0.2) is 0 Å². The lowest BCUT2D eigenvalue weighted by atomic mass is 10.2. The smallest absolute Gasteiger partial charge is 0.119 e. The molecule has 0 saturated carbocycles. The van der Waals surface area contributed by atoms with Crippen molar-refractivity contribution in [2.75, 3.05) is 7.11 Å². The highest BCUT2D eigenvalue weighted by Gasteiger charge is 2.09. The lowest BCUT2D eigenvalue weighted by molar-refractivity contribution is 0.415. The van der Waals surface area contributed by atoms with Crippen LogP contribution in [0.5, 0.6) is 5.75 Å². The van der Waals surface area contributed by atoms with Crippen LogP contribution in [0.1, 0.15) is 12.6 Å². The number of alkyl halides is 1. The van der Waals surface area contributed by atoms with Crippen molar-refractivity contribution < 1.29 is 4.74 Å². The van der Waals surface area contributed by atoms with E-state index in [9.17, 15) is 0 Å². The first-order chi connectivity index (χ1) is 7.30. The van der Waals surface area contributed by atoms with Crippen LogP contribution < -0.4 is 4.74 Å². The van der Waals surface area contributed by atoms with Crippen LogP contribution in [0, 0.1) is 0 Å². The van der Waals surface area contributed by atoms with Gasteiger partial charge in [-0.3, -0.25) is 4.68 Å². The van der Waals surface area contributed by atoms with Crippen molar-refractivity contribution >= 4 is 26.8 Å². The van der Waals surface area contributed by atoms with Crippen molar-refractivity contribution in [1.82, 2.24) is 9.78 Å². The van der Waals surface area contributed by atoms with Gasteiger partial charge in [0.1, 0.15) is 5.75 Å². The van der Waals surface area contributed by atoms with E-state index in [-0.39, 0.29) is 0 Å². The SMILES string of the molecule is CCn1nc2ccc(OC)cc2c1CBr. The largest absolute Gasteiger partial charge is 0.497 e. The van der Waals surface area contributed by atoms with E-state index in [4.69, 9.17) is 4.74 Å². The van der Waals surface area contributed by atoms with Crippen LogP contribution in [0.3, 0.4) is 0 Å². The minimum absolute atomic E-state index is 0.810. The first kappa shape index (κ1) is 10.5. The van der Waals surface area contributed by atoms with Crippen LogP contribution >= 0.6 is 15.9 Å². The molecule has 0 aliphatic rings. The Labute approximate surface area is 97.2 Å². The topological polar surface area (TPSA) is 27.1 Å². The molecule has 2 rings (SSSR count). The second-order valence-electron chi connectivity index (χ2n) is 3.28. The van der Waals surface area contributed by atoms with Gasteiger partial charge in [-0.15, -0.1) is 0 Å². The van der Waals surface area contributed by atoms with E-state index in [0.29, 0.717) is 0 Å². The molecular formula is C11H13BrN2O. The van der Waals surface area contributed by atoms with E-state index in [0.717, 1.165) is 28.5 Å². The van der Waals surface area contributed by atoms with Gasteiger partial charge in [-0.1, -0.05) is 15.9 Å². The van der Waals surface area contributed by atoms with Gasteiger partial charge < -0.3 is 4.74 Å². The number of methoxy groups -OCH3 is 1. The number of halogens is 1. The third-order valence-corrected chi connectivity index (χ3v) is 3.01. The van der Waals surface area contributed by atoms with E-state index in [1.54, 1.807) is 7.11 Å². The van der Waals surface area contributed by atoms with Gasteiger partial charge in [0.2, 0.25) is 0 Å². The Kier molecular flexibility index (Phi) is 2.95. The van der Waals surface area contributed by atoms with Crippen molar-refractivity contribution in [2.45, 2.75) is 18.8 Å². The minimum Gasteiger partial charge on any atom is -0.497 e. The number of ether oxygens (including phenoxy) is 1. The Morgan fingerprint density at radius 2 is 2.27 bits per heavy atom. The lowest BCUT2D eigenvalue weighted by Gasteiger charge is -2.01. The number of hydrogen-bond acceptors (Lipinski definition) is 2. The normalized spacial score (nSPS) is 10.9. The molecule has 0 amide bonds. The quantitative estimate of drug-likeness (QED) is 0.801. The number of nitrogens with zero attached hydrogens (tertiary/aromatic N) is 2. The van der Waals surface area contributed by atoms with Crippen LogP contribution in [-0.2, 0) is 11.9 Å². The molecule has 0 fully saturated rings. The van der Waals surface area contributed by atoms with E-state index < -0.39 is 0 Å². The van der Waals surface area contributed by atoms with E-state index in [1.807, 2.05) is 22.9 Å². The fourth-order valence-corrected chi connectivity index (χ4v) is 2.28. The molecule has 0 saturated heterocycles. The van der Waals surface area contributed by atoms with Crippen molar-refractivity contribution in [3.63, 3.8) is 0 Å². The highest BCUT2D eigenvalue weighted by Crippen LogP contribution is 2.25. The second-order valence-corrected chi connectivity index (χ2v) is 3.84. The molecule has 1 aromatic carbocycles. The zero-order valence-corrected chi connectivity index (χ0v) is 10.4. The standard InChI is InChI=1S/C11H13BrN2O/c1-3-14-11(7-12)9-6-8(15-2)4-5-10(9)13-14/h4-6H,3,7H2,1-2H3. The number of rotatable bonds is 3. The van der Waals surface area contributed by atoms with Gasteiger partial charge in [0.05, 0.1) is 18.3 Å². The van der Waals surface area contributed by atoms with Crippen LogP contribution in [0.4, 0.5) is 0 Å². The number of fused-ring (bicyclic) bond motifs is 1. The van der Waals surface area contributed by atoms with Crippen molar-refractivity contribution in [2.24, 2.45) is 0 Å². The summed E-state index contributed by atoms with van der Waals surface area (Å²) in [5.41, 5.74) is 2.22. The molecule has 0 aliphatic heterocycles. The van der Waals surface area contributed by atoms with E-state index >= 15 is 0 Å². The monoisotopic (exact) mass is 268 g/mol. The summed E-state index contributed by atoms with van der Waals surface area (Å²) in [5, 5.41) is 6.48. The van der Waals surface area contributed by atoms with Crippen LogP contribution in [0.2, 0.25) is 0 Å². The fourth-order valence-electron chi connectivity index (χ4n) is 1.69. The van der Waals surface area contributed by atoms with Gasteiger partial charge in [0.25, 0.3) is 0 Å². The Morgan fingerprint density at radius 1 is 1.47 bits per heavy atom. The van der Waals surface area contributed by atoms with Gasteiger partial charge in [0, 0.05) is 17.3 Å². The molecule has 1 aromatic heterocycles. The molecule has 0 unspecified atom stereocenters. The first-order valence-corrected chi connectivity index (χ1v) is 6.01. The predicted octanol–water partition coefficient (Wildman–Crippen LogP) is 2.96. The summed E-state index contributed by atoms with van der Waals surface area (Å²) < 4.78 is 7.23. The Morgan fingerprint density at radius 3 is 2.87 bits per heavy atom. The number of hydrogen-bond donors (Lipinski definition) is 0. The molecule has 0 bridgehead atoms. The molecule has 2 aromatic rings. The zero-order valence-electron chi connectivity index (χ0n) is 8.83. The summed E-state index contributed by atoms with van der Waals surface area (Å²) in [6.07, 6.45) is 0. The maximum Gasteiger partial charge on any atom is 0.119 e. The highest BCUT2D eigenvalue weighted by atomic mass is 79.9. The highest BCUT2D eigenvalue weighted by molar-refractivity contribution is 9.08. The third kappa shape index (κ3) is 1.74. The minimum atomic E-state index is 0.810. The summed E-state index contributed by atoms with van der Waals surface area (Å²) in [4.78, 5) is 0. The van der Waals surface area contributed by atoms with E-state index in [2.05, 4.69) is 28.0 Å². The van der Waals surface area contributed by atoms with Crippen molar-refractivity contribution in [1.29, 1.82) is 0 Å². The maximum absolute atomic E-state index is 5.21. The number of aromatic nitrogens is 2. The summed E-state index contributed by atoms with van der Waals surface area (Å²) in [6, 6.07) is 5.96. The molecule has 15 heavy (non-hydrogen) atoms. The summed E-state index contributed by atoms with van der Waals surface area (Å²) in [5.74, 6) is 0.875. The first-order valence-electron chi connectivity index (χ1n) is 4.89. The summed E-state index contributed by atoms with van der Waals surface area (Å²) in [6.45, 7) is 2.98. The molecule has 0 aliphatic carbocycles. The molecular weight excluding hydrogens is 256 g/mol. The molecule has 4 heteroatoms. The van der Waals surface area contributed by atoms with E-state index in [1.165, 1.54) is 5.69 Å². The zero-order chi connectivity index (χ0) is 10.8. The number of benzene rings is 1. The molecule has 80 valence electrons. The molecule has 0 atom stereocenters. The maximum atomic E-state index is 5.21. The Hall–Kier alpha value is -1.03. The summed E-state index contributed by atoms with van der Waals surface area (Å²) in [7, 11) is 1.68. The van der Waals surface area contributed by atoms with Gasteiger partial charge in [-0.05, 0) is 25.1 Å². The van der Waals surface area contributed by atoms with Crippen molar-refractivity contribution in [3.05, 3.63) is 23.9 Å². The molecule has 0 spiro atoms. The summed E-state index contributed by atoms with van der Waals surface area (Å²) >= 11 is 3.49. The fraction of sp³-hybridized carbons (Fsp3) is 0.364. The molecule has 0 radical (unpaired) electrons. The van der Waals surface area contributed by atoms with Crippen LogP contribution in [0.15, 0.2) is 18.2 Å². The van der Waals surface area contributed by atoms with Crippen molar-refractivity contribution in [3.8, 4) is 5.75 Å². The molecule has 0 N–H and O–H groups in total. The Balaban J connectivity index is 2.67. The molecule has 1 heterocycles. The number of aryl methyl sites for hydroxylation is 1. The average Bonchev–Trinajstić information content (AvgIpc) is 2.65. The Bertz CT molecular complexity index is 479. The van der Waals surface area contributed by atoms with Crippen LogP contribution in [-0.4, -0.2) is 16.9 Å². The second kappa shape index (κ2) is 4.23. The van der Waals surface area contributed by atoms with Gasteiger partial charge >= 0.3 is 0 Å².